The second kappa shape index (κ2) is 5.82. The second-order valence-corrected chi connectivity index (χ2v) is 13.5. The summed E-state index contributed by atoms with van der Waals surface area (Å²) in [4.78, 5) is 9.34. The van der Waals surface area contributed by atoms with E-state index in [1.165, 1.54) is 18.9 Å². The Hall–Kier alpha value is -0.723. The van der Waals surface area contributed by atoms with Crippen LogP contribution in [0.15, 0.2) is 16.9 Å². The molecule has 1 saturated carbocycles. The highest BCUT2D eigenvalue weighted by Gasteiger charge is 2.26. The van der Waals surface area contributed by atoms with Gasteiger partial charge >= 0.3 is 0 Å². The van der Waals surface area contributed by atoms with Crippen molar-refractivity contribution in [2.45, 2.75) is 51.2 Å². The van der Waals surface area contributed by atoms with Crippen LogP contribution in [-0.4, -0.2) is 29.2 Å². The van der Waals surface area contributed by atoms with Crippen LogP contribution in [0.1, 0.15) is 24.5 Å². The summed E-state index contributed by atoms with van der Waals surface area (Å²) in [5.41, 5.74) is 2.98. The number of nitrogens with zero attached hydrogens (tertiary/aromatic N) is 3. The minimum Gasteiger partial charge on any atom is -0.361 e. The third-order valence-corrected chi connectivity index (χ3v) is 6.05. The van der Waals surface area contributed by atoms with Crippen LogP contribution in [0.3, 0.4) is 0 Å². The van der Waals surface area contributed by atoms with Crippen molar-refractivity contribution >= 4 is 35.2 Å². The molecule has 3 rings (SSSR count). The molecule has 0 unspecified atom stereocenters. The van der Waals surface area contributed by atoms with Gasteiger partial charge in [-0.05, 0) is 34.8 Å². The molecule has 0 atom stereocenters. The van der Waals surface area contributed by atoms with Crippen molar-refractivity contribution in [2.75, 3.05) is 6.61 Å². The number of aromatic nitrogens is 3. The quantitative estimate of drug-likeness (QED) is 0.561. The molecular weight excluding hydrogens is 346 g/mol. The zero-order valence-electron chi connectivity index (χ0n) is 12.9. The van der Waals surface area contributed by atoms with E-state index in [-0.39, 0.29) is 0 Å². The predicted octanol–water partition coefficient (Wildman–Crippen LogP) is 4.38. The maximum atomic E-state index is 5.82. The van der Waals surface area contributed by atoms with Gasteiger partial charge in [-0.15, -0.1) is 0 Å². The van der Waals surface area contributed by atoms with Crippen molar-refractivity contribution < 1.29 is 4.74 Å². The van der Waals surface area contributed by atoms with E-state index in [9.17, 15) is 0 Å². The van der Waals surface area contributed by atoms with Crippen molar-refractivity contribution in [3.05, 3.63) is 22.6 Å². The topological polar surface area (TPSA) is 39.9 Å². The van der Waals surface area contributed by atoms with Crippen LogP contribution >= 0.6 is 15.9 Å². The molecule has 0 N–H and O–H groups in total. The molecular formula is C15H22BrN3OSi. The molecule has 0 bridgehead atoms. The lowest BCUT2D eigenvalue weighted by Crippen LogP contribution is -2.22. The van der Waals surface area contributed by atoms with E-state index in [0.717, 1.165) is 27.9 Å². The molecule has 0 radical (unpaired) electrons. The lowest BCUT2D eigenvalue weighted by Gasteiger charge is -2.15. The Morgan fingerprint density at radius 1 is 1.38 bits per heavy atom. The first-order chi connectivity index (χ1) is 9.94. The van der Waals surface area contributed by atoms with E-state index in [2.05, 4.69) is 40.6 Å². The first-order valence-electron chi connectivity index (χ1n) is 7.53. The second-order valence-electron chi connectivity index (χ2n) is 7.04. The molecule has 0 aromatic carbocycles. The van der Waals surface area contributed by atoms with E-state index in [1.807, 2.05) is 17.0 Å². The molecule has 1 fully saturated rings. The van der Waals surface area contributed by atoms with Crippen LogP contribution in [0.2, 0.25) is 25.7 Å². The maximum absolute atomic E-state index is 5.82. The Kier molecular flexibility index (Phi) is 4.20. The van der Waals surface area contributed by atoms with Crippen molar-refractivity contribution in [3.63, 3.8) is 0 Å². The molecule has 6 heteroatoms. The molecule has 0 amide bonds. The number of hydrogen-bond donors (Lipinski definition) is 0. The lowest BCUT2D eigenvalue weighted by molar-refractivity contribution is 0.0898. The van der Waals surface area contributed by atoms with Crippen LogP contribution in [0.25, 0.3) is 11.2 Å². The van der Waals surface area contributed by atoms with Gasteiger partial charge in [0.2, 0.25) is 0 Å². The van der Waals surface area contributed by atoms with Gasteiger partial charge in [0.1, 0.15) is 12.2 Å². The van der Waals surface area contributed by atoms with Gasteiger partial charge in [0, 0.05) is 26.8 Å². The van der Waals surface area contributed by atoms with Crippen molar-refractivity contribution in [1.29, 1.82) is 0 Å². The molecule has 21 heavy (non-hydrogen) atoms. The number of ether oxygens (including phenoxy) is 1. The van der Waals surface area contributed by atoms with Gasteiger partial charge in [-0.2, -0.15) is 0 Å². The van der Waals surface area contributed by atoms with E-state index in [0.29, 0.717) is 12.6 Å². The van der Waals surface area contributed by atoms with Gasteiger partial charge < -0.3 is 9.30 Å². The van der Waals surface area contributed by atoms with Crippen molar-refractivity contribution in [1.82, 2.24) is 14.5 Å². The summed E-state index contributed by atoms with van der Waals surface area (Å²) in [6.07, 6.45) is 6.44. The minimum atomic E-state index is -1.03. The Bertz CT molecular complexity index is 646. The number of rotatable bonds is 6. The third kappa shape index (κ3) is 3.73. The first-order valence-corrected chi connectivity index (χ1v) is 12.0. The Balaban J connectivity index is 1.71. The number of halogens is 1. The average Bonchev–Trinajstić information content (AvgIpc) is 3.21. The van der Waals surface area contributed by atoms with Gasteiger partial charge in [-0.3, -0.25) is 0 Å². The van der Waals surface area contributed by atoms with Crippen molar-refractivity contribution in [2.24, 2.45) is 0 Å². The fraction of sp³-hybridized carbons (Fsp3) is 0.600. The molecule has 4 nitrogen and oxygen atoms in total. The van der Waals surface area contributed by atoms with Crippen LogP contribution in [0, 0.1) is 0 Å². The standard InChI is InChI=1S/C15H22BrN3OSi/c1-21(2,3)7-6-20-10-19-9-12(16)14-15(19)17-8-13(18-14)11-4-5-11/h8-9,11H,4-7,10H2,1-3H3. The Labute approximate surface area is 135 Å². The number of fused-ring (bicyclic) bond motifs is 1. The summed E-state index contributed by atoms with van der Waals surface area (Å²) in [5.74, 6) is 0.630. The normalized spacial score (nSPS) is 15.8. The fourth-order valence-electron chi connectivity index (χ4n) is 2.24. The van der Waals surface area contributed by atoms with Gasteiger partial charge in [-0.25, -0.2) is 9.97 Å². The van der Waals surface area contributed by atoms with E-state index < -0.39 is 8.07 Å². The Morgan fingerprint density at radius 2 is 2.14 bits per heavy atom. The summed E-state index contributed by atoms with van der Waals surface area (Å²) in [5, 5.41) is 0. The summed E-state index contributed by atoms with van der Waals surface area (Å²) >= 11 is 3.59. The largest absolute Gasteiger partial charge is 0.361 e. The predicted molar refractivity (Wildman–Crippen MR) is 91.3 cm³/mol. The highest BCUT2D eigenvalue weighted by molar-refractivity contribution is 9.10. The van der Waals surface area contributed by atoms with Crippen LogP contribution in [-0.2, 0) is 11.5 Å². The summed E-state index contributed by atoms with van der Waals surface area (Å²) in [6.45, 7) is 8.46. The highest BCUT2D eigenvalue weighted by atomic mass is 79.9. The van der Waals surface area contributed by atoms with Gasteiger partial charge in [0.15, 0.2) is 5.65 Å². The fourth-order valence-corrected chi connectivity index (χ4v) is 3.51. The van der Waals surface area contributed by atoms with Gasteiger partial charge in [0.05, 0.1) is 16.4 Å². The molecule has 0 saturated heterocycles. The SMILES string of the molecule is C[Si](C)(C)CCOCn1cc(Br)c2nc(C3CC3)cnc21. The van der Waals surface area contributed by atoms with E-state index >= 15 is 0 Å². The van der Waals surface area contributed by atoms with E-state index in [4.69, 9.17) is 9.72 Å². The summed E-state index contributed by atoms with van der Waals surface area (Å²) in [6, 6.07) is 1.19. The molecule has 114 valence electrons. The molecule has 2 aromatic rings. The Morgan fingerprint density at radius 3 is 2.81 bits per heavy atom. The number of hydrogen-bond acceptors (Lipinski definition) is 3. The molecule has 1 aliphatic carbocycles. The molecule has 0 spiro atoms. The zero-order chi connectivity index (χ0) is 15.0. The smallest absolute Gasteiger partial charge is 0.161 e. The van der Waals surface area contributed by atoms with Crippen LogP contribution in [0.5, 0.6) is 0 Å². The maximum Gasteiger partial charge on any atom is 0.161 e. The van der Waals surface area contributed by atoms with Gasteiger partial charge in [-0.1, -0.05) is 19.6 Å². The molecule has 2 aromatic heterocycles. The monoisotopic (exact) mass is 367 g/mol. The van der Waals surface area contributed by atoms with Crippen LogP contribution < -0.4 is 0 Å². The first kappa shape index (κ1) is 15.2. The zero-order valence-corrected chi connectivity index (χ0v) is 15.5. The molecule has 0 aliphatic heterocycles. The molecule has 1 aliphatic rings. The highest BCUT2D eigenvalue weighted by Crippen LogP contribution is 2.39. The lowest BCUT2D eigenvalue weighted by atomic mass is 10.3. The van der Waals surface area contributed by atoms with Crippen LogP contribution in [0.4, 0.5) is 0 Å². The third-order valence-electron chi connectivity index (χ3n) is 3.76. The summed E-state index contributed by atoms with van der Waals surface area (Å²) in [7, 11) is -1.03. The van der Waals surface area contributed by atoms with Crippen molar-refractivity contribution in [3.8, 4) is 0 Å². The molecule has 2 heterocycles. The average molecular weight is 368 g/mol. The summed E-state index contributed by atoms with van der Waals surface area (Å²) < 4.78 is 8.85. The minimum absolute atomic E-state index is 0.546. The van der Waals surface area contributed by atoms with Gasteiger partial charge in [0.25, 0.3) is 0 Å². The van der Waals surface area contributed by atoms with E-state index in [1.54, 1.807) is 0 Å².